The molecule has 0 aliphatic heterocycles. The van der Waals surface area contributed by atoms with E-state index in [0.717, 1.165) is 0 Å². The predicted octanol–water partition coefficient (Wildman–Crippen LogP) is 2.81. The van der Waals surface area contributed by atoms with Crippen molar-refractivity contribution < 1.29 is 4.79 Å². The van der Waals surface area contributed by atoms with E-state index in [1.165, 1.54) is 0 Å². The van der Waals surface area contributed by atoms with Crippen LogP contribution in [0.2, 0.25) is 5.02 Å². The number of halogens is 1. The highest BCUT2D eigenvalue weighted by Gasteiger charge is 2.05. The van der Waals surface area contributed by atoms with Crippen molar-refractivity contribution in [3.63, 3.8) is 0 Å². The van der Waals surface area contributed by atoms with E-state index in [9.17, 15) is 4.79 Å². The zero-order chi connectivity index (χ0) is 11.4. The number of rotatable bonds is 4. The minimum absolute atomic E-state index is 0.104. The number of ketones is 1. The predicted molar refractivity (Wildman–Crippen MR) is 62.6 cm³/mol. The lowest BCUT2D eigenvalue weighted by atomic mass is 10.1. The van der Waals surface area contributed by atoms with Gasteiger partial charge in [-0.2, -0.15) is 5.10 Å². The summed E-state index contributed by atoms with van der Waals surface area (Å²) in [5.74, 6) is 0.104. The lowest BCUT2D eigenvalue weighted by molar-refractivity contribution is 0.0975. The molecular weight excluding hydrogens is 224 g/mol. The number of nitrogens with zero attached hydrogens (tertiary/aromatic N) is 2. The first-order valence-electron chi connectivity index (χ1n) is 5.02. The molecule has 0 amide bonds. The van der Waals surface area contributed by atoms with Crippen molar-refractivity contribution in [3.8, 4) is 0 Å². The molecule has 0 aliphatic rings. The summed E-state index contributed by atoms with van der Waals surface area (Å²) < 4.78 is 1.74. The van der Waals surface area contributed by atoms with Crippen LogP contribution in [0.5, 0.6) is 0 Å². The topological polar surface area (TPSA) is 34.9 Å². The van der Waals surface area contributed by atoms with Crippen molar-refractivity contribution in [2.45, 2.75) is 13.0 Å². The van der Waals surface area contributed by atoms with Gasteiger partial charge in [0.2, 0.25) is 0 Å². The van der Waals surface area contributed by atoms with Gasteiger partial charge in [0.15, 0.2) is 5.78 Å². The summed E-state index contributed by atoms with van der Waals surface area (Å²) in [6.45, 7) is 0.606. The Balaban J connectivity index is 1.95. The smallest absolute Gasteiger partial charge is 0.164 e. The number of hydrogen-bond donors (Lipinski definition) is 0. The van der Waals surface area contributed by atoms with Crippen molar-refractivity contribution >= 4 is 17.4 Å². The number of carbonyl (C=O) groups is 1. The van der Waals surface area contributed by atoms with E-state index >= 15 is 0 Å². The normalized spacial score (nSPS) is 10.3. The van der Waals surface area contributed by atoms with Gasteiger partial charge in [0.1, 0.15) is 0 Å². The third kappa shape index (κ3) is 2.70. The van der Waals surface area contributed by atoms with E-state index in [2.05, 4.69) is 5.10 Å². The molecule has 4 heteroatoms. The van der Waals surface area contributed by atoms with Crippen molar-refractivity contribution in [1.29, 1.82) is 0 Å². The van der Waals surface area contributed by atoms with E-state index < -0.39 is 0 Å². The van der Waals surface area contributed by atoms with Crippen LogP contribution in [0, 0.1) is 0 Å². The minimum atomic E-state index is 0.104. The second-order valence-electron chi connectivity index (χ2n) is 3.45. The molecule has 0 saturated heterocycles. The van der Waals surface area contributed by atoms with Gasteiger partial charge in [0, 0.05) is 35.9 Å². The third-order valence-electron chi connectivity index (χ3n) is 2.29. The van der Waals surface area contributed by atoms with Crippen LogP contribution in [0.3, 0.4) is 0 Å². The van der Waals surface area contributed by atoms with Crippen LogP contribution in [-0.2, 0) is 6.54 Å². The van der Waals surface area contributed by atoms with E-state index in [-0.39, 0.29) is 5.78 Å². The van der Waals surface area contributed by atoms with Crippen LogP contribution in [0.1, 0.15) is 16.8 Å². The highest BCUT2D eigenvalue weighted by molar-refractivity contribution is 6.30. The Morgan fingerprint density at radius 1 is 1.31 bits per heavy atom. The van der Waals surface area contributed by atoms with Gasteiger partial charge in [-0.15, -0.1) is 0 Å². The molecule has 0 radical (unpaired) electrons. The lowest BCUT2D eigenvalue weighted by Crippen LogP contribution is -2.06. The van der Waals surface area contributed by atoms with Crippen LogP contribution < -0.4 is 0 Å². The highest BCUT2D eigenvalue weighted by Crippen LogP contribution is 2.11. The van der Waals surface area contributed by atoms with Gasteiger partial charge in [-0.25, -0.2) is 0 Å². The molecule has 3 nitrogen and oxygen atoms in total. The number of Topliss-reactive ketones (excluding diaryl/α,β-unsaturated/α-hetero) is 1. The second-order valence-corrected chi connectivity index (χ2v) is 3.89. The summed E-state index contributed by atoms with van der Waals surface area (Å²) in [5, 5.41) is 4.68. The largest absolute Gasteiger partial charge is 0.294 e. The fraction of sp³-hybridized carbons (Fsp3) is 0.167. The Hall–Kier alpha value is -1.61. The van der Waals surface area contributed by atoms with Crippen LogP contribution in [0.4, 0.5) is 0 Å². The first-order chi connectivity index (χ1) is 7.75. The summed E-state index contributed by atoms with van der Waals surface area (Å²) in [5.41, 5.74) is 0.691. The summed E-state index contributed by atoms with van der Waals surface area (Å²) >= 11 is 5.75. The molecule has 1 heterocycles. The SMILES string of the molecule is O=C(CCn1cccn1)c1ccc(Cl)cc1. The van der Waals surface area contributed by atoms with Gasteiger partial charge >= 0.3 is 0 Å². The molecule has 16 heavy (non-hydrogen) atoms. The molecule has 0 N–H and O–H groups in total. The molecule has 0 atom stereocenters. The zero-order valence-corrected chi connectivity index (χ0v) is 9.39. The third-order valence-corrected chi connectivity index (χ3v) is 2.55. The maximum atomic E-state index is 11.8. The second kappa shape index (κ2) is 4.94. The minimum Gasteiger partial charge on any atom is -0.294 e. The van der Waals surface area contributed by atoms with E-state index in [4.69, 9.17) is 11.6 Å². The summed E-state index contributed by atoms with van der Waals surface area (Å²) in [6.07, 6.45) is 3.99. The molecule has 0 fully saturated rings. The molecule has 1 aromatic carbocycles. The Morgan fingerprint density at radius 2 is 2.06 bits per heavy atom. The van der Waals surface area contributed by atoms with Crippen LogP contribution in [0.25, 0.3) is 0 Å². The molecule has 0 bridgehead atoms. The first kappa shape index (κ1) is 10.9. The average molecular weight is 235 g/mol. The number of benzene rings is 1. The van der Waals surface area contributed by atoms with Gasteiger partial charge in [-0.05, 0) is 30.3 Å². The standard InChI is InChI=1S/C12H11ClN2O/c13-11-4-2-10(3-5-11)12(16)6-9-15-8-1-7-14-15/h1-5,7-8H,6,9H2. The monoisotopic (exact) mass is 234 g/mol. The van der Waals surface area contributed by atoms with Gasteiger partial charge in [0.05, 0.1) is 0 Å². The fourth-order valence-corrected chi connectivity index (χ4v) is 1.55. The Kier molecular flexibility index (Phi) is 3.37. The lowest BCUT2D eigenvalue weighted by Gasteiger charge is -2.01. The van der Waals surface area contributed by atoms with Crippen molar-refractivity contribution in [2.75, 3.05) is 0 Å². The quantitative estimate of drug-likeness (QED) is 0.763. The number of hydrogen-bond acceptors (Lipinski definition) is 2. The zero-order valence-electron chi connectivity index (χ0n) is 8.64. The molecule has 0 saturated carbocycles. The van der Waals surface area contributed by atoms with Crippen LogP contribution in [0.15, 0.2) is 42.7 Å². The summed E-state index contributed by atoms with van der Waals surface area (Å²) in [6, 6.07) is 8.78. The van der Waals surface area contributed by atoms with E-state index in [0.29, 0.717) is 23.6 Å². The van der Waals surface area contributed by atoms with Crippen molar-refractivity contribution in [1.82, 2.24) is 9.78 Å². The molecular formula is C12H11ClN2O. The molecule has 2 aromatic rings. The molecule has 0 spiro atoms. The number of aromatic nitrogens is 2. The van der Waals surface area contributed by atoms with Gasteiger partial charge in [0.25, 0.3) is 0 Å². The van der Waals surface area contributed by atoms with Crippen LogP contribution >= 0.6 is 11.6 Å². The molecule has 1 aromatic heterocycles. The maximum absolute atomic E-state index is 11.8. The van der Waals surface area contributed by atoms with Gasteiger partial charge in [-0.1, -0.05) is 11.6 Å². The first-order valence-corrected chi connectivity index (χ1v) is 5.40. The molecule has 2 rings (SSSR count). The number of aryl methyl sites for hydroxylation is 1. The van der Waals surface area contributed by atoms with Gasteiger partial charge < -0.3 is 0 Å². The fourth-order valence-electron chi connectivity index (χ4n) is 1.43. The van der Waals surface area contributed by atoms with Crippen LogP contribution in [-0.4, -0.2) is 15.6 Å². The van der Waals surface area contributed by atoms with Gasteiger partial charge in [-0.3, -0.25) is 9.48 Å². The average Bonchev–Trinajstić information content (AvgIpc) is 2.80. The molecule has 82 valence electrons. The van der Waals surface area contributed by atoms with Crippen molar-refractivity contribution in [2.24, 2.45) is 0 Å². The highest BCUT2D eigenvalue weighted by atomic mass is 35.5. The maximum Gasteiger partial charge on any atom is 0.164 e. The van der Waals surface area contributed by atoms with Crippen molar-refractivity contribution in [3.05, 3.63) is 53.3 Å². The number of carbonyl (C=O) groups excluding carboxylic acids is 1. The Morgan fingerprint density at radius 3 is 2.69 bits per heavy atom. The Labute approximate surface area is 98.7 Å². The Bertz CT molecular complexity index is 462. The van der Waals surface area contributed by atoms with E-state index in [1.54, 1.807) is 35.1 Å². The molecule has 0 aliphatic carbocycles. The summed E-state index contributed by atoms with van der Waals surface area (Å²) in [7, 11) is 0. The summed E-state index contributed by atoms with van der Waals surface area (Å²) in [4.78, 5) is 11.8. The molecule has 0 unspecified atom stereocenters. The van der Waals surface area contributed by atoms with E-state index in [1.807, 2.05) is 12.3 Å².